The monoisotopic (exact) mass is 257 g/mol. The van der Waals surface area contributed by atoms with E-state index in [-0.39, 0.29) is 6.04 Å². The summed E-state index contributed by atoms with van der Waals surface area (Å²) in [6, 6.07) is 6.42. The number of ether oxygens (including phenoxy) is 1. The molecular formula is C15H19N3O. The number of fused-ring (bicyclic) bond motifs is 1. The molecule has 1 aromatic heterocycles. The molecule has 2 N–H and O–H groups in total. The lowest BCUT2D eigenvalue weighted by Gasteiger charge is -2.08. The molecule has 0 fully saturated rings. The fourth-order valence-corrected chi connectivity index (χ4v) is 2.54. The molecule has 0 aliphatic heterocycles. The molecule has 0 spiro atoms. The molecule has 0 bridgehead atoms. The molecule has 1 atom stereocenters. The Bertz CT molecular complexity index is 577. The van der Waals surface area contributed by atoms with Crippen LogP contribution in [-0.4, -0.2) is 9.78 Å². The van der Waals surface area contributed by atoms with Crippen molar-refractivity contribution in [1.29, 1.82) is 0 Å². The Morgan fingerprint density at radius 3 is 3.16 bits per heavy atom. The van der Waals surface area contributed by atoms with Crippen LogP contribution in [0, 0.1) is 0 Å². The molecule has 4 heteroatoms. The van der Waals surface area contributed by atoms with E-state index in [2.05, 4.69) is 24.2 Å². The number of nitrogens with zero attached hydrogens (tertiary/aromatic N) is 2. The Morgan fingerprint density at radius 1 is 1.47 bits per heavy atom. The van der Waals surface area contributed by atoms with E-state index in [1.54, 1.807) is 0 Å². The van der Waals surface area contributed by atoms with Gasteiger partial charge < -0.3 is 10.5 Å². The number of aromatic nitrogens is 2. The molecule has 0 amide bonds. The van der Waals surface area contributed by atoms with Crippen molar-refractivity contribution in [3.8, 4) is 5.75 Å². The Hall–Kier alpha value is -1.81. The Balaban J connectivity index is 1.67. The van der Waals surface area contributed by atoms with Crippen LogP contribution in [0.25, 0.3) is 0 Å². The number of aryl methyl sites for hydroxylation is 2. The molecule has 4 nitrogen and oxygen atoms in total. The van der Waals surface area contributed by atoms with Gasteiger partial charge in [-0.3, -0.25) is 4.68 Å². The van der Waals surface area contributed by atoms with Gasteiger partial charge in [0.2, 0.25) is 0 Å². The van der Waals surface area contributed by atoms with Gasteiger partial charge in [-0.05, 0) is 43.0 Å². The highest BCUT2D eigenvalue weighted by Gasteiger charge is 2.19. The molecule has 1 aliphatic carbocycles. The predicted molar refractivity (Wildman–Crippen MR) is 73.9 cm³/mol. The maximum atomic E-state index is 6.03. The van der Waals surface area contributed by atoms with Crippen molar-refractivity contribution in [3.05, 3.63) is 47.3 Å². The molecular weight excluding hydrogens is 238 g/mol. The van der Waals surface area contributed by atoms with Gasteiger partial charge in [0.05, 0.1) is 6.20 Å². The number of hydrogen-bond donors (Lipinski definition) is 1. The molecule has 0 saturated heterocycles. The highest BCUT2D eigenvalue weighted by atomic mass is 16.5. The number of hydrogen-bond acceptors (Lipinski definition) is 3. The first kappa shape index (κ1) is 12.2. The summed E-state index contributed by atoms with van der Waals surface area (Å²) < 4.78 is 7.72. The largest absolute Gasteiger partial charge is 0.489 e. The van der Waals surface area contributed by atoms with Crippen molar-refractivity contribution < 1.29 is 4.74 Å². The topological polar surface area (TPSA) is 53.1 Å². The zero-order valence-electron chi connectivity index (χ0n) is 11.2. The van der Waals surface area contributed by atoms with Gasteiger partial charge in [0, 0.05) is 24.3 Å². The van der Waals surface area contributed by atoms with Crippen LogP contribution >= 0.6 is 0 Å². The molecule has 1 aliphatic rings. The van der Waals surface area contributed by atoms with Gasteiger partial charge in [-0.25, -0.2) is 0 Å². The average molecular weight is 257 g/mol. The van der Waals surface area contributed by atoms with Crippen molar-refractivity contribution in [1.82, 2.24) is 9.78 Å². The van der Waals surface area contributed by atoms with E-state index in [1.165, 1.54) is 11.1 Å². The van der Waals surface area contributed by atoms with Crippen LogP contribution in [0.2, 0.25) is 0 Å². The van der Waals surface area contributed by atoms with Crippen molar-refractivity contribution in [3.63, 3.8) is 0 Å². The second kappa shape index (κ2) is 5.05. The third-order valence-electron chi connectivity index (χ3n) is 3.65. The number of nitrogens with two attached hydrogens (primary N) is 1. The minimum absolute atomic E-state index is 0.201. The summed E-state index contributed by atoms with van der Waals surface area (Å²) in [5, 5.41) is 4.23. The van der Waals surface area contributed by atoms with E-state index in [1.807, 2.05) is 23.1 Å². The Labute approximate surface area is 113 Å². The zero-order chi connectivity index (χ0) is 13.2. The standard InChI is InChI=1S/C15H19N3O/c1-2-18-9-11(8-17-18)10-19-13-4-5-14-12(7-13)3-6-15(14)16/h4-5,7-9,15H,2-3,6,10,16H2,1H3/t15-/m1/s1. The van der Waals surface area contributed by atoms with Gasteiger partial charge in [0.1, 0.15) is 12.4 Å². The minimum atomic E-state index is 0.201. The molecule has 0 saturated carbocycles. The molecule has 0 radical (unpaired) electrons. The van der Waals surface area contributed by atoms with Gasteiger partial charge >= 0.3 is 0 Å². The first-order valence-electron chi connectivity index (χ1n) is 6.79. The predicted octanol–water partition coefficient (Wildman–Crippen LogP) is 2.43. The van der Waals surface area contributed by atoms with Crippen LogP contribution < -0.4 is 10.5 Å². The SMILES string of the molecule is CCn1cc(COc2ccc3c(c2)CC[C@H]3N)cn1. The van der Waals surface area contributed by atoms with Crippen LogP contribution in [0.3, 0.4) is 0 Å². The zero-order valence-corrected chi connectivity index (χ0v) is 11.2. The Morgan fingerprint density at radius 2 is 2.37 bits per heavy atom. The van der Waals surface area contributed by atoms with E-state index in [0.717, 1.165) is 30.7 Å². The summed E-state index contributed by atoms with van der Waals surface area (Å²) in [5.41, 5.74) is 9.72. The van der Waals surface area contributed by atoms with Crippen LogP contribution in [0.5, 0.6) is 5.75 Å². The first-order valence-corrected chi connectivity index (χ1v) is 6.79. The summed E-state index contributed by atoms with van der Waals surface area (Å²) in [6.45, 7) is 3.52. The summed E-state index contributed by atoms with van der Waals surface area (Å²) in [5.74, 6) is 0.914. The molecule has 19 heavy (non-hydrogen) atoms. The lowest BCUT2D eigenvalue weighted by Crippen LogP contribution is -2.05. The van der Waals surface area contributed by atoms with Gasteiger partial charge in [0.25, 0.3) is 0 Å². The summed E-state index contributed by atoms with van der Waals surface area (Å²) >= 11 is 0. The van der Waals surface area contributed by atoms with Gasteiger partial charge in [-0.1, -0.05) is 6.07 Å². The minimum Gasteiger partial charge on any atom is -0.489 e. The van der Waals surface area contributed by atoms with E-state index >= 15 is 0 Å². The smallest absolute Gasteiger partial charge is 0.120 e. The molecule has 1 aromatic carbocycles. The quantitative estimate of drug-likeness (QED) is 0.915. The number of benzene rings is 1. The maximum Gasteiger partial charge on any atom is 0.120 e. The van der Waals surface area contributed by atoms with E-state index in [4.69, 9.17) is 10.5 Å². The second-order valence-electron chi connectivity index (χ2n) is 5.00. The molecule has 1 heterocycles. The van der Waals surface area contributed by atoms with Gasteiger partial charge in [0.15, 0.2) is 0 Å². The van der Waals surface area contributed by atoms with Crippen molar-refractivity contribution >= 4 is 0 Å². The third kappa shape index (κ3) is 2.49. The van der Waals surface area contributed by atoms with Crippen LogP contribution in [0.4, 0.5) is 0 Å². The average Bonchev–Trinajstić information content (AvgIpc) is 3.03. The Kier molecular flexibility index (Phi) is 3.25. The van der Waals surface area contributed by atoms with E-state index < -0.39 is 0 Å². The fourth-order valence-electron chi connectivity index (χ4n) is 2.54. The highest BCUT2D eigenvalue weighted by molar-refractivity contribution is 5.40. The summed E-state index contributed by atoms with van der Waals surface area (Å²) in [7, 11) is 0. The normalized spacial score (nSPS) is 17.5. The third-order valence-corrected chi connectivity index (χ3v) is 3.65. The van der Waals surface area contributed by atoms with E-state index in [0.29, 0.717) is 6.61 Å². The lowest BCUT2D eigenvalue weighted by atomic mass is 10.1. The fraction of sp³-hybridized carbons (Fsp3) is 0.400. The summed E-state index contributed by atoms with van der Waals surface area (Å²) in [6.07, 6.45) is 5.97. The molecule has 100 valence electrons. The highest BCUT2D eigenvalue weighted by Crippen LogP contribution is 2.31. The molecule has 3 rings (SSSR count). The van der Waals surface area contributed by atoms with Crippen LogP contribution in [-0.2, 0) is 19.6 Å². The van der Waals surface area contributed by atoms with Crippen molar-refractivity contribution in [2.24, 2.45) is 5.73 Å². The van der Waals surface area contributed by atoms with E-state index in [9.17, 15) is 0 Å². The molecule has 0 unspecified atom stereocenters. The van der Waals surface area contributed by atoms with Gasteiger partial charge in [-0.15, -0.1) is 0 Å². The van der Waals surface area contributed by atoms with Crippen LogP contribution in [0.15, 0.2) is 30.6 Å². The maximum absolute atomic E-state index is 6.03. The van der Waals surface area contributed by atoms with Crippen LogP contribution in [0.1, 0.15) is 36.1 Å². The molecule has 2 aromatic rings. The lowest BCUT2D eigenvalue weighted by molar-refractivity contribution is 0.306. The van der Waals surface area contributed by atoms with Gasteiger partial charge in [-0.2, -0.15) is 5.10 Å². The van der Waals surface area contributed by atoms with Crippen molar-refractivity contribution in [2.45, 2.75) is 39.0 Å². The second-order valence-corrected chi connectivity index (χ2v) is 5.00. The summed E-state index contributed by atoms with van der Waals surface area (Å²) in [4.78, 5) is 0. The first-order chi connectivity index (χ1) is 9.26. The van der Waals surface area contributed by atoms with Crippen molar-refractivity contribution in [2.75, 3.05) is 0 Å². The number of rotatable bonds is 4.